The Kier molecular flexibility index (Phi) is 2.98. The van der Waals surface area contributed by atoms with Gasteiger partial charge in [-0.25, -0.2) is 0 Å². The molecule has 4 rings (SSSR count). The zero-order chi connectivity index (χ0) is 16.0. The Hall–Kier alpha value is -3.01. The molecule has 0 aliphatic rings. The van der Waals surface area contributed by atoms with Crippen molar-refractivity contribution < 1.29 is 13.6 Å². The number of ether oxygens (including phenoxy) is 1. The van der Waals surface area contributed by atoms with E-state index >= 15 is 0 Å². The van der Waals surface area contributed by atoms with E-state index in [1.54, 1.807) is 19.4 Å². The fourth-order valence-corrected chi connectivity index (χ4v) is 2.70. The molecule has 0 bridgehead atoms. The number of aryl methyl sites for hydroxylation is 1. The first-order chi connectivity index (χ1) is 11.2. The number of fused-ring (bicyclic) bond motifs is 2. The van der Waals surface area contributed by atoms with Crippen molar-refractivity contribution in [2.24, 2.45) is 0 Å². The van der Waals surface area contributed by atoms with Crippen LogP contribution in [0.2, 0.25) is 0 Å². The lowest BCUT2D eigenvalue weighted by Crippen LogP contribution is -2.00. The van der Waals surface area contributed by atoms with Crippen molar-refractivity contribution in [3.63, 3.8) is 0 Å². The molecular formula is C19H14O4. The molecule has 0 N–H and O–H groups in total. The van der Waals surface area contributed by atoms with Gasteiger partial charge in [0.2, 0.25) is 0 Å². The van der Waals surface area contributed by atoms with Gasteiger partial charge in [0.05, 0.1) is 18.8 Å². The van der Waals surface area contributed by atoms with E-state index in [9.17, 15) is 4.79 Å². The molecule has 2 aromatic carbocycles. The Morgan fingerprint density at radius 2 is 1.74 bits per heavy atom. The summed E-state index contributed by atoms with van der Waals surface area (Å²) in [6, 6.07) is 12.5. The van der Waals surface area contributed by atoms with Gasteiger partial charge in [0, 0.05) is 23.1 Å². The summed E-state index contributed by atoms with van der Waals surface area (Å²) in [6.07, 6.45) is 1.68. The normalized spacial score (nSPS) is 11.2. The van der Waals surface area contributed by atoms with E-state index < -0.39 is 0 Å². The smallest absolute Gasteiger partial charge is 0.193 e. The highest BCUT2D eigenvalue weighted by Crippen LogP contribution is 2.28. The van der Waals surface area contributed by atoms with E-state index in [1.165, 1.54) is 6.07 Å². The van der Waals surface area contributed by atoms with Crippen molar-refractivity contribution in [1.29, 1.82) is 0 Å². The number of rotatable bonds is 2. The van der Waals surface area contributed by atoms with Crippen LogP contribution in [0.3, 0.4) is 0 Å². The molecule has 2 aromatic heterocycles. The monoisotopic (exact) mass is 306 g/mol. The number of furan rings is 1. The van der Waals surface area contributed by atoms with Crippen LogP contribution in [0.5, 0.6) is 5.75 Å². The van der Waals surface area contributed by atoms with Crippen molar-refractivity contribution >= 4 is 21.9 Å². The third-order valence-electron chi connectivity index (χ3n) is 3.99. The van der Waals surface area contributed by atoms with E-state index in [-0.39, 0.29) is 5.43 Å². The van der Waals surface area contributed by atoms with E-state index in [0.717, 1.165) is 22.3 Å². The van der Waals surface area contributed by atoms with Gasteiger partial charge in [0.1, 0.15) is 22.7 Å². The first-order valence-electron chi connectivity index (χ1n) is 7.26. The molecule has 2 heterocycles. The summed E-state index contributed by atoms with van der Waals surface area (Å²) in [5, 5.41) is 1.49. The summed E-state index contributed by atoms with van der Waals surface area (Å²) < 4.78 is 16.6. The summed E-state index contributed by atoms with van der Waals surface area (Å²) >= 11 is 0. The number of benzene rings is 2. The van der Waals surface area contributed by atoms with Crippen LogP contribution < -0.4 is 10.2 Å². The lowest BCUT2D eigenvalue weighted by molar-refractivity contribution is 0.415. The minimum Gasteiger partial charge on any atom is -0.497 e. The quantitative estimate of drug-likeness (QED) is 0.546. The van der Waals surface area contributed by atoms with Gasteiger partial charge in [0.25, 0.3) is 0 Å². The molecule has 0 aliphatic heterocycles. The molecule has 4 aromatic rings. The van der Waals surface area contributed by atoms with Crippen molar-refractivity contribution in [2.45, 2.75) is 6.92 Å². The Morgan fingerprint density at radius 3 is 2.48 bits per heavy atom. The maximum Gasteiger partial charge on any atom is 0.193 e. The van der Waals surface area contributed by atoms with Gasteiger partial charge in [-0.15, -0.1) is 0 Å². The van der Waals surface area contributed by atoms with Crippen molar-refractivity contribution in [2.75, 3.05) is 7.11 Å². The molecule has 4 heteroatoms. The fourth-order valence-electron chi connectivity index (χ4n) is 2.70. The second kappa shape index (κ2) is 5.02. The molecule has 0 saturated carbocycles. The highest BCUT2D eigenvalue weighted by molar-refractivity contribution is 5.95. The average Bonchev–Trinajstić information content (AvgIpc) is 2.94. The number of hydrogen-bond donors (Lipinski definition) is 0. The molecule has 0 saturated heterocycles. The highest BCUT2D eigenvalue weighted by Gasteiger charge is 2.11. The first-order valence-corrected chi connectivity index (χ1v) is 7.26. The first kappa shape index (κ1) is 13.6. The second-order valence-corrected chi connectivity index (χ2v) is 5.47. The Morgan fingerprint density at radius 1 is 0.957 bits per heavy atom. The van der Waals surface area contributed by atoms with Crippen LogP contribution >= 0.6 is 0 Å². The van der Waals surface area contributed by atoms with Gasteiger partial charge < -0.3 is 13.6 Å². The molecule has 0 spiro atoms. The zero-order valence-electron chi connectivity index (χ0n) is 12.8. The molecule has 4 nitrogen and oxygen atoms in total. The largest absolute Gasteiger partial charge is 0.497 e. The van der Waals surface area contributed by atoms with Crippen molar-refractivity contribution in [3.05, 3.63) is 64.5 Å². The molecule has 0 aliphatic carbocycles. The Balaban J connectivity index is 1.94. The van der Waals surface area contributed by atoms with Crippen LogP contribution in [0.25, 0.3) is 33.3 Å². The third-order valence-corrected chi connectivity index (χ3v) is 3.99. The maximum atomic E-state index is 12.5. The Bertz CT molecular complexity index is 1070. The predicted octanol–water partition coefficient (Wildman–Crippen LogP) is 4.52. The van der Waals surface area contributed by atoms with Crippen molar-refractivity contribution in [3.8, 4) is 17.1 Å². The predicted molar refractivity (Wildman–Crippen MR) is 89.0 cm³/mol. The van der Waals surface area contributed by atoms with Crippen LogP contribution in [-0.4, -0.2) is 7.11 Å². The summed E-state index contributed by atoms with van der Waals surface area (Å²) in [5.74, 6) is 1.28. The summed E-state index contributed by atoms with van der Waals surface area (Å²) in [6.45, 7) is 1.95. The average molecular weight is 306 g/mol. The summed E-state index contributed by atoms with van der Waals surface area (Å²) in [4.78, 5) is 12.5. The van der Waals surface area contributed by atoms with Gasteiger partial charge in [-0.05, 0) is 42.8 Å². The highest BCUT2D eigenvalue weighted by atomic mass is 16.5. The minimum absolute atomic E-state index is 0.0698. The van der Waals surface area contributed by atoms with Gasteiger partial charge in [-0.1, -0.05) is 0 Å². The molecule has 0 radical (unpaired) electrons. The van der Waals surface area contributed by atoms with Crippen LogP contribution in [-0.2, 0) is 0 Å². The van der Waals surface area contributed by atoms with Gasteiger partial charge in [-0.2, -0.15) is 0 Å². The molecule has 0 fully saturated rings. The zero-order valence-corrected chi connectivity index (χ0v) is 12.8. The summed E-state index contributed by atoms with van der Waals surface area (Å²) in [5.41, 5.74) is 2.98. The second-order valence-electron chi connectivity index (χ2n) is 5.47. The number of hydrogen-bond acceptors (Lipinski definition) is 4. The lowest BCUT2D eigenvalue weighted by atomic mass is 10.1. The van der Waals surface area contributed by atoms with E-state index in [0.29, 0.717) is 22.3 Å². The fraction of sp³-hybridized carbons (Fsp3) is 0.105. The topological polar surface area (TPSA) is 52.6 Å². The SMILES string of the molecule is COc1ccc(-c2cc(=O)c3cc4c(C)coc4cc3o2)cc1. The standard InChI is InChI=1S/C19H14O4/c1-11-10-22-18-9-19-15(7-14(11)18)16(20)8-17(23-19)12-3-5-13(21-2)6-4-12/h3-10H,1-2H3. The lowest BCUT2D eigenvalue weighted by Gasteiger charge is -2.05. The van der Waals surface area contributed by atoms with E-state index in [1.807, 2.05) is 37.3 Å². The van der Waals surface area contributed by atoms with Crippen LogP contribution in [0.1, 0.15) is 5.56 Å². The molecule has 23 heavy (non-hydrogen) atoms. The molecule has 0 amide bonds. The molecular weight excluding hydrogens is 292 g/mol. The number of methoxy groups -OCH3 is 1. The van der Waals surface area contributed by atoms with E-state index in [2.05, 4.69) is 0 Å². The third kappa shape index (κ3) is 2.19. The van der Waals surface area contributed by atoms with Gasteiger partial charge in [0.15, 0.2) is 5.43 Å². The maximum absolute atomic E-state index is 12.5. The molecule has 114 valence electrons. The Labute approximate surface area is 131 Å². The van der Waals surface area contributed by atoms with E-state index in [4.69, 9.17) is 13.6 Å². The molecule has 0 atom stereocenters. The van der Waals surface area contributed by atoms with Crippen molar-refractivity contribution in [1.82, 2.24) is 0 Å². The van der Waals surface area contributed by atoms with Gasteiger partial charge >= 0.3 is 0 Å². The van der Waals surface area contributed by atoms with Crippen LogP contribution in [0.15, 0.2) is 62.4 Å². The summed E-state index contributed by atoms with van der Waals surface area (Å²) in [7, 11) is 1.61. The molecule has 0 unspecified atom stereocenters. The minimum atomic E-state index is -0.0698. The van der Waals surface area contributed by atoms with Gasteiger partial charge in [-0.3, -0.25) is 4.79 Å². The van der Waals surface area contributed by atoms with Crippen LogP contribution in [0, 0.1) is 6.92 Å². The van der Waals surface area contributed by atoms with Crippen LogP contribution in [0.4, 0.5) is 0 Å².